The lowest BCUT2D eigenvalue weighted by Crippen LogP contribution is -2.38. The Morgan fingerprint density at radius 3 is 1.94 bits per heavy atom. The molecule has 0 aromatic carbocycles. The van der Waals surface area contributed by atoms with Crippen molar-refractivity contribution in [1.82, 2.24) is 0 Å². The topological polar surface area (TPSA) is 66.8 Å². The van der Waals surface area contributed by atoms with E-state index in [-0.39, 0.29) is 5.92 Å². The van der Waals surface area contributed by atoms with Gasteiger partial charge in [0.25, 0.3) is 0 Å². The highest BCUT2D eigenvalue weighted by atomic mass is 31.2. The molecule has 1 atom stereocenters. The third kappa shape index (κ3) is 4.54. The van der Waals surface area contributed by atoms with Gasteiger partial charge in [0.2, 0.25) is 0 Å². The third-order valence-electron chi connectivity index (χ3n) is 3.37. The first-order chi connectivity index (χ1) is 7.35. The lowest BCUT2D eigenvalue weighted by molar-refractivity contribution is -0.0282. The summed E-state index contributed by atoms with van der Waals surface area (Å²) in [5.41, 5.74) is -0.677. The standard InChI is InChI=1S/C11H25O4P/c1-5-9-10(6-2)11(7-3,8-4)15-16(12,13)14/h10H,5-9H2,1-4H3,(H2,12,13,14). The molecule has 0 aromatic rings. The number of hydrogen-bond acceptors (Lipinski definition) is 2. The second-order valence-electron chi connectivity index (χ2n) is 4.25. The molecule has 0 aliphatic heterocycles. The summed E-state index contributed by atoms with van der Waals surface area (Å²) in [6.45, 7) is 7.98. The number of phosphoric acid groups is 1. The lowest BCUT2D eigenvalue weighted by atomic mass is 9.79. The van der Waals surface area contributed by atoms with Crippen molar-refractivity contribution in [3.8, 4) is 0 Å². The van der Waals surface area contributed by atoms with Gasteiger partial charge in [0.1, 0.15) is 0 Å². The summed E-state index contributed by atoms with van der Waals surface area (Å²) in [5.74, 6) is 0.208. The average molecular weight is 252 g/mol. The fourth-order valence-electron chi connectivity index (χ4n) is 2.46. The van der Waals surface area contributed by atoms with Crippen LogP contribution in [0.5, 0.6) is 0 Å². The molecule has 0 spiro atoms. The van der Waals surface area contributed by atoms with Crippen LogP contribution < -0.4 is 0 Å². The number of phosphoric ester groups is 1. The van der Waals surface area contributed by atoms with E-state index in [0.717, 1.165) is 19.3 Å². The van der Waals surface area contributed by atoms with Crippen LogP contribution in [-0.4, -0.2) is 15.4 Å². The molecule has 0 amide bonds. The quantitative estimate of drug-likeness (QED) is 0.649. The van der Waals surface area contributed by atoms with E-state index in [4.69, 9.17) is 14.3 Å². The molecule has 0 heterocycles. The van der Waals surface area contributed by atoms with Crippen molar-refractivity contribution >= 4 is 7.82 Å². The van der Waals surface area contributed by atoms with Crippen LogP contribution in [0.3, 0.4) is 0 Å². The Bertz CT molecular complexity index is 232. The predicted octanol–water partition coefficient (Wildman–Crippen LogP) is 3.48. The molecule has 0 radical (unpaired) electrons. The lowest BCUT2D eigenvalue weighted by Gasteiger charge is -2.39. The van der Waals surface area contributed by atoms with E-state index in [1.165, 1.54) is 0 Å². The van der Waals surface area contributed by atoms with Gasteiger partial charge in [0.05, 0.1) is 5.60 Å². The minimum absolute atomic E-state index is 0.208. The SMILES string of the molecule is CCCC(CC)C(CC)(CC)OP(=O)(O)O. The van der Waals surface area contributed by atoms with E-state index in [1.807, 2.05) is 20.8 Å². The Kier molecular flexibility index (Phi) is 6.80. The van der Waals surface area contributed by atoms with Crippen LogP contribution in [0, 0.1) is 5.92 Å². The van der Waals surface area contributed by atoms with Crippen LogP contribution in [-0.2, 0) is 9.09 Å². The van der Waals surface area contributed by atoms with Crippen molar-refractivity contribution in [3.63, 3.8) is 0 Å². The maximum Gasteiger partial charge on any atom is 0.470 e. The predicted molar refractivity (Wildman–Crippen MR) is 65.1 cm³/mol. The van der Waals surface area contributed by atoms with Crippen LogP contribution in [0.1, 0.15) is 59.8 Å². The van der Waals surface area contributed by atoms with E-state index < -0.39 is 13.4 Å². The van der Waals surface area contributed by atoms with Crippen molar-refractivity contribution in [2.75, 3.05) is 0 Å². The summed E-state index contributed by atoms with van der Waals surface area (Å²) in [6.07, 6.45) is 4.10. The van der Waals surface area contributed by atoms with Crippen LogP contribution in [0.25, 0.3) is 0 Å². The third-order valence-corrected chi connectivity index (χ3v) is 3.97. The summed E-state index contributed by atoms with van der Waals surface area (Å²) in [4.78, 5) is 18.0. The van der Waals surface area contributed by atoms with Gasteiger partial charge in [0, 0.05) is 0 Å². The molecule has 98 valence electrons. The summed E-state index contributed by atoms with van der Waals surface area (Å²) in [6, 6.07) is 0. The van der Waals surface area contributed by atoms with Gasteiger partial charge in [-0.15, -0.1) is 0 Å². The molecule has 0 rings (SSSR count). The highest BCUT2D eigenvalue weighted by Gasteiger charge is 2.40. The van der Waals surface area contributed by atoms with Crippen LogP contribution in [0.4, 0.5) is 0 Å². The van der Waals surface area contributed by atoms with E-state index in [0.29, 0.717) is 12.8 Å². The first-order valence-electron chi connectivity index (χ1n) is 6.11. The minimum atomic E-state index is -4.41. The van der Waals surface area contributed by atoms with E-state index in [1.54, 1.807) is 0 Å². The molecule has 0 bridgehead atoms. The number of rotatable bonds is 8. The summed E-state index contributed by atoms with van der Waals surface area (Å²) in [7, 11) is -4.41. The molecule has 2 N–H and O–H groups in total. The van der Waals surface area contributed by atoms with Gasteiger partial charge in [-0.05, 0) is 25.2 Å². The molecule has 0 fully saturated rings. The Balaban J connectivity index is 4.97. The molecule has 16 heavy (non-hydrogen) atoms. The van der Waals surface area contributed by atoms with E-state index in [9.17, 15) is 4.57 Å². The van der Waals surface area contributed by atoms with Gasteiger partial charge in [0.15, 0.2) is 0 Å². The van der Waals surface area contributed by atoms with Crippen molar-refractivity contribution in [2.45, 2.75) is 65.4 Å². The minimum Gasteiger partial charge on any atom is -0.303 e. The zero-order chi connectivity index (χ0) is 12.8. The maximum atomic E-state index is 11.1. The fourth-order valence-corrected chi connectivity index (χ4v) is 3.34. The normalized spacial score (nSPS) is 15.1. The molecule has 0 aromatic heterocycles. The summed E-state index contributed by atoms with van der Waals surface area (Å²) < 4.78 is 16.2. The Morgan fingerprint density at radius 1 is 1.19 bits per heavy atom. The first kappa shape index (κ1) is 16.1. The smallest absolute Gasteiger partial charge is 0.303 e. The highest BCUT2D eigenvalue weighted by Crippen LogP contribution is 2.48. The van der Waals surface area contributed by atoms with Gasteiger partial charge < -0.3 is 9.79 Å². The van der Waals surface area contributed by atoms with E-state index >= 15 is 0 Å². The van der Waals surface area contributed by atoms with Crippen molar-refractivity contribution in [1.29, 1.82) is 0 Å². The van der Waals surface area contributed by atoms with E-state index in [2.05, 4.69) is 6.92 Å². The van der Waals surface area contributed by atoms with Gasteiger partial charge in [-0.3, -0.25) is 4.52 Å². The molecule has 1 unspecified atom stereocenters. The molecule has 4 nitrogen and oxygen atoms in total. The van der Waals surface area contributed by atoms with Gasteiger partial charge >= 0.3 is 7.82 Å². The van der Waals surface area contributed by atoms with Gasteiger partial charge in [-0.1, -0.05) is 40.5 Å². The molecule has 0 aliphatic carbocycles. The van der Waals surface area contributed by atoms with Crippen molar-refractivity contribution in [2.24, 2.45) is 5.92 Å². The molecule has 0 saturated carbocycles. The molecule has 0 saturated heterocycles. The second-order valence-corrected chi connectivity index (χ2v) is 5.41. The van der Waals surface area contributed by atoms with Crippen LogP contribution >= 0.6 is 7.82 Å². The Hall–Kier alpha value is 0.110. The average Bonchev–Trinajstić information content (AvgIpc) is 2.21. The van der Waals surface area contributed by atoms with Crippen LogP contribution in [0.2, 0.25) is 0 Å². The summed E-state index contributed by atoms with van der Waals surface area (Å²) >= 11 is 0. The van der Waals surface area contributed by atoms with Crippen LogP contribution in [0.15, 0.2) is 0 Å². The zero-order valence-corrected chi connectivity index (χ0v) is 11.7. The van der Waals surface area contributed by atoms with Crippen molar-refractivity contribution in [3.05, 3.63) is 0 Å². The molecular formula is C11H25O4P. The van der Waals surface area contributed by atoms with Gasteiger partial charge in [-0.2, -0.15) is 0 Å². The monoisotopic (exact) mass is 252 g/mol. The fraction of sp³-hybridized carbons (Fsp3) is 1.00. The maximum absolute atomic E-state index is 11.1. The van der Waals surface area contributed by atoms with Gasteiger partial charge in [-0.25, -0.2) is 4.57 Å². The highest BCUT2D eigenvalue weighted by molar-refractivity contribution is 7.46. The largest absolute Gasteiger partial charge is 0.470 e. The first-order valence-corrected chi connectivity index (χ1v) is 7.64. The van der Waals surface area contributed by atoms with Crippen molar-refractivity contribution < 1.29 is 18.9 Å². The molecular weight excluding hydrogens is 227 g/mol. The Morgan fingerprint density at radius 2 is 1.69 bits per heavy atom. The molecule has 0 aliphatic rings. The Labute approximate surface area is 98.6 Å². The summed E-state index contributed by atoms with van der Waals surface area (Å²) in [5, 5.41) is 0. The second kappa shape index (κ2) is 6.75. The zero-order valence-electron chi connectivity index (χ0n) is 10.8. The molecule has 5 heteroatoms. The number of hydrogen-bond donors (Lipinski definition) is 2.